The molecule has 1 unspecified atom stereocenters. The number of anilines is 2. The molecule has 1 amide bonds. The molecule has 1 atom stereocenters. The molecule has 7 nitrogen and oxygen atoms in total. The Labute approximate surface area is 165 Å². The molecule has 148 valence electrons. The maximum atomic E-state index is 11.2. The lowest BCUT2D eigenvalue weighted by molar-refractivity contribution is -0.119. The van der Waals surface area contributed by atoms with Crippen LogP contribution in [0.4, 0.5) is 11.6 Å². The van der Waals surface area contributed by atoms with E-state index in [9.17, 15) is 4.79 Å². The molecule has 1 aromatic carbocycles. The fourth-order valence-electron chi connectivity index (χ4n) is 3.72. The van der Waals surface area contributed by atoms with Gasteiger partial charge in [0.15, 0.2) is 0 Å². The topological polar surface area (TPSA) is 70.6 Å². The molecule has 28 heavy (non-hydrogen) atoms. The van der Waals surface area contributed by atoms with Crippen molar-refractivity contribution >= 4 is 17.5 Å². The van der Waals surface area contributed by atoms with Gasteiger partial charge >= 0.3 is 0 Å². The van der Waals surface area contributed by atoms with Gasteiger partial charge in [0.1, 0.15) is 6.10 Å². The molecule has 2 aromatic rings. The minimum Gasteiger partial charge on any atom is -0.470 e. The molecule has 3 heterocycles. The van der Waals surface area contributed by atoms with Crippen LogP contribution >= 0.6 is 0 Å². The summed E-state index contributed by atoms with van der Waals surface area (Å²) >= 11 is 0. The molecule has 0 bridgehead atoms. The molecule has 0 spiro atoms. The molecule has 7 heteroatoms. The van der Waals surface area contributed by atoms with Crippen molar-refractivity contribution in [1.29, 1.82) is 0 Å². The third-order valence-electron chi connectivity index (χ3n) is 5.32. The van der Waals surface area contributed by atoms with Crippen LogP contribution in [-0.2, 0) is 4.79 Å². The lowest BCUT2D eigenvalue weighted by Gasteiger charge is -2.40. The summed E-state index contributed by atoms with van der Waals surface area (Å²) in [6.07, 6.45) is 4.32. The van der Waals surface area contributed by atoms with Gasteiger partial charge in [0, 0.05) is 38.0 Å². The summed E-state index contributed by atoms with van der Waals surface area (Å²) in [6.45, 7) is 7.25. The first-order valence-electron chi connectivity index (χ1n) is 9.95. The summed E-state index contributed by atoms with van der Waals surface area (Å²) in [4.78, 5) is 24.6. The van der Waals surface area contributed by atoms with Gasteiger partial charge in [-0.05, 0) is 37.5 Å². The lowest BCUT2D eigenvalue weighted by atomic mass is 10.1. The molecule has 0 saturated carbocycles. The van der Waals surface area contributed by atoms with E-state index in [0.29, 0.717) is 5.88 Å². The predicted octanol–water partition coefficient (Wildman–Crippen LogP) is 2.54. The average molecular weight is 381 g/mol. The van der Waals surface area contributed by atoms with Crippen molar-refractivity contribution in [3.63, 3.8) is 0 Å². The smallest absolute Gasteiger partial charge is 0.228 e. The summed E-state index contributed by atoms with van der Waals surface area (Å²) in [5.74, 6) is 1.41. The van der Waals surface area contributed by atoms with Crippen LogP contribution in [0.15, 0.2) is 36.5 Å². The number of amides is 1. The monoisotopic (exact) mass is 381 g/mol. The number of nitrogens with one attached hydrogen (secondary N) is 1. The van der Waals surface area contributed by atoms with Gasteiger partial charge in [-0.1, -0.05) is 12.1 Å². The predicted molar refractivity (Wildman–Crippen MR) is 109 cm³/mol. The van der Waals surface area contributed by atoms with Gasteiger partial charge in [-0.15, -0.1) is 0 Å². The molecule has 0 aliphatic carbocycles. The van der Waals surface area contributed by atoms with Gasteiger partial charge in [-0.3, -0.25) is 4.79 Å². The number of aromatic nitrogens is 2. The minimum absolute atomic E-state index is 0.0154. The summed E-state index contributed by atoms with van der Waals surface area (Å²) in [5, 5.41) is 2.91. The Kier molecular flexibility index (Phi) is 5.32. The largest absolute Gasteiger partial charge is 0.470 e. The third kappa shape index (κ3) is 4.18. The summed E-state index contributed by atoms with van der Waals surface area (Å²) in [7, 11) is 0. The molecule has 1 aromatic heterocycles. The number of hydrogen-bond acceptors (Lipinski definition) is 6. The highest BCUT2D eigenvalue weighted by Gasteiger charge is 2.29. The molecule has 2 aliphatic heterocycles. The quantitative estimate of drug-likeness (QED) is 0.829. The first-order chi connectivity index (χ1) is 13.6. The Morgan fingerprint density at radius 2 is 1.86 bits per heavy atom. The zero-order valence-corrected chi connectivity index (χ0v) is 16.5. The number of hydrogen-bond donors (Lipinski definition) is 1. The van der Waals surface area contributed by atoms with Gasteiger partial charge in [0.25, 0.3) is 0 Å². The van der Waals surface area contributed by atoms with Crippen molar-refractivity contribution in [3.8, 4) is 5.88 Å². The second kappa shape index (κ2) is 8.04. The Balaban J connectivity index is 1.30. The van der Waals surface area contributed by atoms with E-state index in [4.69, 9.17) is 4.74 Å². The van der Waals surface area contributed by atoms with Crippen molar-refractivity contribution < 1.29 is 9.53 Å². The van der Waals surface area contributed by atoms with Crippen LogP contribution in [-0.4, -0.2) is 48.2 Å². The van der Waals surface area contributed by atoms with Crippen LogP contribution < -0.4 is 19.9 Å². The fraction of sp³-hybridized carbons (Fsp3) is 0.476. The van der Waals surface area contributed by atoms with Gasteiger partial charge < -0.3 is 19.9 Å². The van der Waals surface area contributed by atoms with E-state index in [-0.39, 0.29) is 18.1 Å². The Morgan fingerprint density at radius 3 is 2.54 bits per heavy atom. The standard InChI is InChI=1S/C21H27N5O2/c1-15(23-16(2)27)17-5-7-18(8-6-17)26-13-19(14-26)28-20-9-10-22-21(24-20)25-11-3-4-12-25/h5-10,15,19H,3-4,11-14H2,1-2H3,(H,23,27). The van der Waals surface area contributed by atoms with E-state index in [1.165, 1.54) is 25.5 Å². The molecule has 0 radical (unpaired) electrons. The van der Waals surface area contributed by atoms with Gasteiger partial charge in [0.05, 0.1) is 19.1 Å². The van der Waals surface area contributed by atoms with Crippen LogP contribution in [0, 0.1) is 0 Å². The maximum absolute atomic E-state index is 11.2. The van der Waals surface area contributed by atoms with Crippen molar-refractivity contribution in [1.82, 2.24) is 15.3 Å². The number of rotatable bonds is 6. The highest BCUT2D eigenvalue weighted by atomic mass is 16.5. The van der Waals surface area contributed by atoms with Crippen molar-refractivity contribution in [2.24, 2.45) is 0 Å². The number of carbonyl (C=O) groups is 1. The zero-order chi connectivity index (χ0) is 19.5. The van der Waals surface area contributed by atoms with Crippen molar-refractivity contribution in [2.45, 2.75) is 38.8 Å². The molecule has 2 aliphatic rings. The molecule has 4 rings (SSSR count). The van der Waals surface area contributed by atoms with E-state index < -0.39 is 0 Å². The van der Waals surface area contributed by atoms with Crippen LogP contribution in [0.25, 0.3) is 0 Å². The number of benzene rings is 1. The highest BCUT2D eigenvalue weighted by Crippen LogP contribution is 2.26. The van der Waals surface area contributed by atoms with E-state index in [2.05, 4.69) is 49.4 Å². The second-order valence-electron chi connectivity index (χ2n) is 7.55. The molecule has 1 N–H and O–H groups in total. The molecule has 2 fully saturated rings. The summed E-state index contributed by atoms with van der Waals surface area (Å²) < 4.78 is 6.04. The highest BCUT2D eigenvalue weighted by molar-refractivity contribution is 5.73. The van der Waals surface area contributed by atoms with Crippen LogP contribution in [0.5, 0.6) is 5.88 Å². The summed E-state index contributed by atoms with van der Waals surface area (Å²) in [5.41, 5.74) is 2.27. The van der Waals surface area contributed by atoms with Gasteiger partial charge in [-0.2, -0.15) is 4.98 Å². The summed E-state index contributed by atoms with van der Waals surface area (Å²) in [6, 6.07) is 10.2. The first kappa shape index (κ1) is 18.5. The number of ether oxygens (including phenoxy) is 1. The third-order valence-corrected chi connectivity index (χ3v) is 5.32. The minimum atomic E-state index is -0.0167. The number of carbonyl (C=O) groups excluding carboxylic acids is 1. The van der Waals surface area contributed by atoms with Gasteiger partial charge in [-0.25, -0.2) is 4.98 Å². The van der Waals surface area contributed by atoms with Gasteiger partial charge in [0.2, 0.25) is 17.7 Å². The SMILES string of the molecule is CC(=O)NC(C)c1ccc(N2CC(Oc3ccnc(N4CCCC4)n3)C2)cc1. The van der Waals surface area contributed by atoms with Crippen LogP contribution in [0.3, 0.4) is 0 Å². The normalized spacial score (nSPS) is 17.9. The average Bonchev–Trinajstić information content (AvgIpc) is 3.19. The second-order valence-corrected chi connectivity index (χ2v) is 7.55. The molecule has 2 saturated heterocycles. The molecular weight excluding hydrogens is 354 g/mol. The van der Waals surface area contributed by atoms with Crippen LogP contribution in [0.2, 0.25) is 0 Å². The molecular formula is C21H27N5O2. The van der Waals surface area contributed by atoms with E-state index in [0.717, 1.165) is 37.7 Å². The van der Waals surface area contributed by atoms with Crippen molar-refractivity contribution in [2.75, 3.05) is 36.0 Å². The van der Waals surface area contributed by atoms with E-state index in [1.807, 2.05) is 13.0 Å². The lowest BCUT2D eigenvalue weighted by Crippen LogP contribution is -2.54. The Bertz CT molecular complexity index is 814. The maximum Gasteiger partial charge on any atom is 0.228 e. The Hall–Kier alpha value is -2.83. The van der Waals surface area contributed by atoms with Crippen LogP contribution in [0.1, 0.15) is 38.3 Å². The zero-order valence-electron chi connectivity index (χ0n) is 16.5. The van der Waals surface area contributed by atoms with E-state index in [1.54, 1.807) is 6.20 Å². The van der Waals surface area contributed by atoms with Crippen molar-refractivity contribution in [3.05, 3.63) is 42.1 Å². The number of nitrogens with zero attached hydrogens (tertiary/aromatic N) is 4. The Morgan fingerprint density at radius 1 is 1.14 bits per heavy atom. The first-order valence-corrected chi connectivity index (χ1v) is 9.95. The fourth-order valence-corrected chi connectivity index (χ4v) is 3.72. The van der Waals surface area contributed by atoms with E-state index >= 15 is 0 Å².